The molecule has 4 rings (SSSR count). The van der Waals surface area contributed by atoms with Gasteiger partial charge in [-0.25, -0.2) is 0 Å². The summed E-state index contributed by atoms with van der Waals surface area (Å²) in [5.41, 5.74) is 2.76. The molecule has 5 nitrogen and oxygen atoms in total. The van der Waals surface area contributed by atoms with Crippen molar-refractivity contribution in [3.8, 4) is 0 Å². The van der Waals surface area contributed by atoms with E-state index in [1.54, 1.807) is 48.7 Å². The molecule has 5 heteroatoms. The van der Waals surface area contributed by atoms with Crippen molar-refractivity contribution in [1.82, 2.24) is 4.98 Å². The zero-order valence-electron chi connectivity index (χ0n) is 15.9. The number of aliphatic hydroxyl groups excluding tert-OH is 1. The second kappa shape index (κ2) is 7.72. The minimum Gasteiger partial charge on any atom is -0.507 e. The minimum absolute atomic E-state index is 0.0412. The largest absolute Gasteiger partial charge is 0.507 e. The first-order valence-electron chi connectivity index (χ1n) is 9.48. The molecule has 1 unspecified atom stereocenters. The summed E-state index contributed by atoms with van der Waals surface area (Å²) in [6, 6.07) is 20.8. The third-order valence-corrected chi connectivity index (χ3v) is 5.08. The molecule has 3 aromatic rings. The van der Waals surface area contributed by atoms with Crippen molar-refractivity contribution < 1.29 is 14.7 Å². The number of rotatable bonds is 4. The normalized spacial score (nSPS) is 18.2. The maximum absolute atomic E-state index is 13.0. The van der Waals surface area contributed by atoms with Crippen molar-refractivity contribution in [3.63, 3.8) is 0 Å². The summed E-state index contributed by atoms with van der Waals surface area (Å²) in [6.45, 7) is 2.05. The number of hydrogen-bond acceptors (Lipinski definition) is 4. The predicted molar refractivity (Wildman–Crippen MR) is 111 cm³/mol. The van der Waals surface area contributed by atoms with Crippen LogP contribution in [0, 0.1) is 0 Å². The summed E-state index contributed by atoms with van der Waals surface area (Å²) in [6.07, 6.45) is 2.48. The number of Topliss-reactive ketones (excluding diaryl/α,β-unsaturated/α-hetero) is 1. The molecule has 1 fully saturated rings. The summed E-state index contributed by atoms with van der Waals surface area (Å²) in [5, 5.41) is 10.9. The van der Waals surface area contributed by atoms with Gasteiger partial charge < -0.3 is 5.11 Å². The van der Waals surface area contributed by atoms with E-state index in [4.69, 9.17) is 0 Å². The predicted octanol–water partition coefficient (Wildman–Crippen LogP) is 4.27. The van der Waals surface area contributed by atoms with Crippen LogP contribution in [-0.4, -0.2) is 21.8 Å². The minimum atomic E-state index is -0.802. The number of amides is 1. The number of carbonyl (C=O) groups is 2. The van der Waals surface area contributed by atoms with Crippen LogP contribution < -0.4 is 4.90 Å². The topological polar surface area (TPSA) is 70.5 Å². The molecule has 1 aliphatic heterocycles. The van der Waals surface area contributed by atoms with Gasteiger partial charge in [0.1, 0.15) is 11.8 Å². The van der Waals surface area contributed by atoms with E-state index in [1.165, 1.54) is 4.90 Å². The molecule has 0 aliphatic carbocycles. The van der Waals surface area contributed by atoms with Crippen molar-refractivity contribution in [2.75, 3.05) is 4.90 Å². The summed E-state index contributed by atoms with van der Waals surface area (Å²) in [7, 11) is 0. The van der Waals surface area contributed by atoms with Gasteiger partial charge in [0.15, 0.2) is 0 Å². The Morgan fingerprint density at radius 2 is 1.66 bits per heavy atom. The first-order chi connectivity index (χ1) is 14.1. The molecule has 2 heterocycles. The number of ketones is 1. The first-order valence-corrected chi connectivity index (χ1v) is 9.48. The molecule has 0 saturated carbocycles. The van der Waals surface area contributed by atoms with Crippen molar-refractivity contribution in [1.29, 1.82) is 0 Å². The molecular formula is C24H20N2O3. The van der Waals surface area contributed by atoms with E-state index < -0.39 is 17.7 Å². The zero-order chi connectivity index (χ0) is 20.4. The number of aliphatic hydroxyl groups is 1. The Morgan fingerprint density at radius 1 is 0.966 bits per heavy atom. The number of hydrogen-bond donors (Lipinski definition) is 1. The van der Waals surface area contributed by atoms with Crippen molar-refractivity contribution >= 4 is 23.1 Å². The van der Waals surface area contributed by atoms with Gasteiger partial charge in [0, 0.05) is 17.4 Å². The lowest BCUT2D eigenvalue weighted by atomic mass is 9.98. The Bertz CT molecular complexity index is 1070. The van der Waals surface area contributed by atoms with Crippen LogP contribution >= 0.6 is 0 Å². The maximum atomic E-state index is 13.0. The molecule has 2 aromatic carbocycles. The Hall–Kier alpha value is -3.73. The highest BCUT2D eigenvalue weighted by Crippen LogP contribution is 2.41. The molecule has 1 N–H and O–H groups in total. The molecule has 0 bridgehead atoms. The SMILES string of the molecule is CCc1ccc(N2C(=O)C(=O)/C(=C(\O)c3ccccc3)C2c2ccccn2)cc1. The molecule has 0 radical (unpaired) electrons. The van der Waals surface area contributed by atoms with Gasteiger partial charge in [-0.05, 0) is 36.2 Å². The molecule has 0 spiro atoms. The van der Waals surface area contributed by atoms with Crippen molar-refractivity contribution in [2.24, 2.45) is 0 Å². The molecule has 29 heavy (non-hydrogen) atoms. The van der Waals surface area contributed by atoms with Crippen LogP contribution in [0.5, 0.6) is 0 Å². The summed E-state index contributed by atoms with van der Waals surface area (Å²) in [4.78, 5) is 31.8. The van der Waals surface area contributed by atoms with Gasteiger partial charge in [-0.1, -0.05) is 55.5 Å². The third-order valence-electron chi connectivity index (χ3n) is 5.08. The van der Waals surface area contributed by atoms with Crippen LogP contribution in [0.1, 0.15) is 29.8 Å². The van der Waals surface area contributed by atoms with E-state index >= 15 is 0 Å². The Kier molecular flexibility index (Phi) is 4.96. The van der Waals surface area contributed by atoms with E-state index in [-0.39, 0.29) is 11.3 Å². The number of carbonyl (C=O) groups excluding carboxylic acids is 2. The smallest absolute Gasteiger partial charge is 0.300 e. The highest BCUT2D eigenvalue weighted by Gasteiger charge is 2.47. The first kappa shape index (κ1) is 18.6. The summed E-state index contributed by atoms with van der Waals surface area (Å²) in [5.74, 6) is -1.60. The van der Waals surface area contributed by atoms with E-state index in [9.17, 15) is 14.7 Å². The van der Waals surface area contributed by atoms with Crippen LogP contribution in [0.3, 0.4) is 0 Å². The third kappa shape index (κ3) is 3.31. The second-order valence-corrected chi connectivity index (χ2v) is 6.81. The Balaban J connectivity index is 1.91. The second-order valence-electron chi connectivity index (χ2n) is 6.81. The molecular weight excluding hydrogens is 364 g/mol. The van der Waals surface area contributed by atoms with E-state index in [1.807, 2.05) is 30.3 Å². The van der Waals surface area contributed by atoms with Gasteiger partial charge in [0.2, 0.25) is 0 Å². The van der Waals surface area contributed by atoms with Gasteiger partial charge in [0.25, 0.3) is 11.7 Å². The van der Waals surface area contributed by atoms with Gasteiger partial charge in [-0.15, -0.1) is 0 Å². The van der Waals surface area contributed by atoms with Gasteiger partial charge in [-0.3, -0.25) is 19.5 Å². The van der Waals surface area contributed by atoms with Gasteiger partial charge >= 0.3 is 0 Å². The highest BCUT2D eigenvalue weighted by atomic mass is 16.3. The average molecular weight is 384 g/mol. The van der Waals surface area contributed by atoms with E-state index in [2.05, 4.69) is 11.9 Å². The molecule has 144 valence electrons. The van der Waals surface area contributed by atoms with Gasteiger partial charge in [0.05, 0.1) is 11.3 Å². The zero-order valence-corrected chi connectivity index (χ0v) is 15.9. The standard InChI is InChI=1S/C24H20N2O3/c1-2-16-11-13-18(14-12-16)26-21(19-10-6-7-15-25-19)20(23(28)24(26)29)22(27)17-8-4-3-5-9-17/h3-15,21,27H,2H2,1H3/b22-20-. The molecule has 1 aliphatic rings. The molecule has 1 aromatic heterocycles. The van der Waals surface area contributed by atoms with Crippen LogP contribution in [0.25, 0.3) is 5.76 Å². The van der Waals surface area contributed by atoms with Crippen LogP contribution in [0.15, 0.2) is 84.6 Å². The number of pyridine rings is 1. The monoisotopic (exact) mass is 384 g/mol. The van der Waals surface area contributed by atoms with Gasteiger partial charge in [-0.2, -0.15) is 0 Å². The molecule has 1 saturated heterocycles. The van der Waals surface area contributed by atoms with Crippen LogP contribution in [-0.2, 0) is 16.0 Å². The lowest BCUT2D eigenvalue weighted by molar-refractivity contribution is -0.132. The van der Waals surface area contributed by atoms with E-state index in [0.717, 1.165) is 12.0 Å². The Morgan fingerprint density at radius 3 is 2.28 bits per heavy atom. The lowest BCUT2D eigenvalue weighted by Gasteiger charge is -2.24. The number of aromatic nitrogens is 1. The molecule has 1 atom stereocenters. The average Bonchev–Trinajstić information content (AvgIpc) is 3.05. The highest BCUT2D eigenvalue weighted by molar-refractivity contribution is 6.51. The Labute approximate surface area is 169 Å². The number of aryl methyl sites for hydroxylation is 1. The summed E-state index contributed by atoms with van der Waals surface area (Å²) < 4.78 is 0. The quantitative estimate of drug-likeness (QED) is 0.414. The fourth-order valence-electron chi connectivity index (χ4n) is 3.56. The number of benzene rings is 2. The fraction of sp³-hybridized carbons (Fsp3) is 0.125. The van der Waals surface area contributed by atoms with Crippen LogP contribution in [0.4, 0.5) is 5.69 Å². The van der Waals surface area contributed by atoms with Crippen LogP contribution in [0.2, 0.25) is 0 Å². The maximum Gasteiger partial charge on any atom is 0.300 e. The fourth-order valence-corrected chi connectivity index (χ4v) is 3.56. The number of anilines is 1. The van der Waals surface area contributed by atoms with Crippen molar-refractivity contribution in [3.05, 3.63) is 101 Å². The molecule has 1 amide bonds. The lowest BCUT2D eigenvalue weighted by Crippen LogP contribution is -2.29. The van der Waals surface area contributed by atoms with Crippen molar-refractivity contribution in [2.45, 2.75) is 19.4 Å². The summed E-state index contributed by atoms with van der Waals surface area (Å²) >= 11 is 0. The number of nitrogens with zero attached hydrogens (tertiary/aromatic N) is 2. The van der Waals surface area contributed by atoms with E-state index in [0.29, 0.717) is 16.9 Å².